The van der Waals surface area contributed by atoms with Crippen molar-refractivity contribution in [3.63, 3.8) is 0 Å². The summed E-state index contributed by atoms with van der Waals surface area (Å²) in [5.74, 6) is 0.736. The summed E-state index contributed by atoms with van der Waals surface area (Å²) in [7, 11) is -3.47. The van der Waals surface area contributed by atoms with Crippen LogP contribution in [0.4, 0.5) is 11.6 Å². The molecule has 11 heteroatoms. The lowest BCUT2D eigenvalue weighted by Gasteiger charge is -2.27. The number of amides is 1. The van der Waals surface area contributed by atoms with E-state index in [-0.39, 0.29) is 10.6 Å². The molecule has 174 valence electrons. The number of nitrogens with one attached hydrogen (secondary N) is 1. The first-order valence-corrected chi connectivity index (χ1v) is 12.5. The third-order valence-corrected chi connectivity index (χ3v) is 6.62. The Hall–Kier alpha value is -3.83. The lowest BCUT2D eigenvalue weighted by Crippen LogP contribution is -2.36. The molecule has 1 aromatic carbocycles. The van der Waals surface area contributed by atoms with Gasteiger partial charge in [-0.25, -0.2) is 22.9 Å². The van der Waals surface area contributed by atoms with Crippen LogP contribution < -0.4 is 10.2 Å². The van der Waals surface area contributed by atoms with Gasteiger partial charge in [-0.3, -0.25) is 4.79 Å². The number of carbonyl (C=O) groups excluding carboxylic acids is 1. The van der Waals surface area contributed by atoms with Crippen molar-refractivity contribution < 1.29 is 17.9 Å². The van der Waals surface area contributed by atoms with Gasteiger partial charge in [0.15, 0.2) is 21.2 Å². The number of morpholine rings is 1. The minimum atomic E-state index is -3.47. The second-order valence-corrected chi connectivity index (χ2v) is 9.82. The zero-order valence-electron chi connectivity index (χ0n) is 18.4. The first kappa shape index (κ1) is 22.0. The van der Waals surface area contributed by atoms with Gasteiger partial charge in [-0.2, -0.15) is 5.10 Å². The van der Waals surface area contributed by atoms with Gasteiger partial charge in [0.2, 0.25) is 0 Å². The van der Waals surface area contributed by atoms with Crippen molar-refractivity contribution in [1.82, 2.24) is 19.6 Å². The predicted octanol–water partition coefficient (Wildman–Crippen LogP) is 2.28. The lowest BCUT2D eigenvalue weighted by molar-refractivity contribution is 0.102. The summed E-state index contributed by atoms with van der Waals surface area (Å²) in [6.45, 7) is 2.74. The zero-order chi connectivity index (χ0) is 23.7. The molecule has 0 radical (unpaired) electrons. The SMILES string of the molecule is CS(=O)(=O)c1ccccc1-c1ccc2ncc(C(=O)Nc3cccc(N4CCOCC4)n3)n2n1. The van der Waals surface area contributed by atoms with Crippen LogP contribution in [0.5, 0.6) is 0 Å². The molecule has 4 heterocycles. The number of sulfone groups is 1. The summed E-state index contributed by atoms with van der Waals surface area (Å²) < 4.78 is 31.2. The highest BCUT2D eigenvalue weighted by Crippen LogP contribution is 2.26. The molecule has 1 N–H and O–H groups in total. The van der Waals surface area contributed by atoms with Crippen molar-refractivity contribution in [1.29, 1.82) is 0 Å². The summed E-state index contributed by atoms with van der Waals surface area (Å²) in [6.07, 6.45) is 2.58. The number of hydrogen-bond acceptors (Lipinski definition) is 8. The molecule has 1 aliphatic heterocycles. The Morgan fingerprint density at radius 3 is 2.62 bits per heavy atom. The third-order valence-electron chi connectivity index (χ3n) is 5.47. The van der Waals surface area contributed by atoms with Crippen LogP contribution in [0.2, 0.25) is 0 Å². The van der Waals surface area contributed by atoms with Crippen molar-refractivity contribution in [2.24, 2.45) is 0 Å². The Balaban J connectivity index is 1.46. The molecular formula is C23H22N6O4S. The van der Waals surface area contributed by atoms with E-state index in [1.165, 1.54) is 16.8 Å². The Morgan fingerprint density at radius 2 is 1.82 bits per heavy atom. The van der Waals surface area contributed by atoms with Gasteiger partial charge in [0.05, 0.1) is 30.0 Å². The largest absolute Gasteiger partial charge is 0.378 e. The monoisotopic (exact) mass is 478 g/mol. The molecule has 0 bridgehead atoms. The second-order valence-electron chi connectivity index (χ2n) is 7.83. The van der Waals surface area contributed by atoms with E-state index in [1.54, 1.807) is 36.4 Å². The maximum Gasteiger partial charge on any atom is 0.277 e. The highest BCUT2D eigenvalue weighted by molar-refractivity contribution is 7.90. The number of aromatic nitrogens is 4. The van der Waals surface area contributed by atoms with Crippen molar-refractivity contribution in [3.05, 3.63) is 66.5 Å². The predicted molar refractivity (Wildman–Crippen MR) is 127 cm³/mol. The number of rotatable bonds is 5. The van der Waals surface area contributed by atoms with Crippen molar-refractivity contribution >= 4 is 33.0 Å². The number of carbonyl (C=O) groups is 1. The van der Waals surface area contributed by atoms with Crippen molar-refractivity contribution in [3.8, 4) is 11.3 Å². The topological polar surface area (TPSA) is 119 Å². The van der Waals surface area contributed by atoms with Gasteiger partial charge in [-0.1, -0.05) is 24.3 Å². The second kappa shape index (κ2) is 8.84. The number of ether oxygens (including phenoxy) is 1. The van der Waals surface area contributed by atoms with Gasteiger partial charge >= 0.3 is 0 Å². The van der Waals surface area contributed by atoms with E-state index in [2.05, 4.69) is 25.3 Å². The summed E-state index contributed by atoms with van der Waals surface area (Å²) in [6, 6.07) is 15.4. The lowest BCUT2D eigenvalue weighted by atomic mass is 10.1. The molecular weight excluding hydrogens is 456 g/mol. The average molecular weight is 479 g/mol. The van der Waals surface area contributed by atoms with E-state index < -0.39 is 15.7 Å². The minimum absolute atomic E-state index is 0.164. The molecule has 1 amide bonds. The van der Waals surface area contributed by atoms with Crippen LogP contribution >= 0.6 is 0 Å². The fourth-order valence-corrected chi connectivity index (χ4v) is 4.71. The fourth-order valence-electron chi connectivity index (χ4n) is 3.82. The van der Waals surface area contributed by atoms with Gasteiger partial charge in [0.25, 0.3) is 5.91 Å². The molecule has 1 aliphatic rings. The van der Waals surface area contributed by atoms with E-state index in [9.17, 15) is 13.2 Å². The molecule has 4 aromatic rings. The average Bonchev–Trinajstić information content (AvgIpc) is 3.28. The Bertz CT molecular complexity index is 1480. The zero-order valence-corrected chi connectivity index (χ0v) is 19.2. The summed E-state index contributed by atoms with van der Waals surface area (Å²) >= 11 is 0. The molecule has 0 aliphatic carbocycles. The molecule has 1 fully saturated rings. The smallest absolute Gasteiger partial charge is 0.277 e. The van der Waals surface area contributed by atoms with Crippen LogP contribution in [0.15, 0.2) is 65.7 Å². The van der Waals surface area contributed by atoms with Crippen LogP contribution in [0.1, 0.15) is 10.5 Å². The van der Waals surface area contributed by atoms with Crippen LogP contribution in [0.25, 0.3) is 16.9 Å². The summed E-state index contributed by atoms with van der Waals surface area (Å²) in [4.78, 5) is 24.1. The highest BCUT2D eigenvalue weighted by Gasteiger charge is 2.19. The molecule has 34 heavy (non-hydrogen) atoms. The molecule has 3 aromatic heterocycles. The molecule has 1 saturated heterocycles. The highest BCUT2D eigenvalue weighted by atomic mass is 32.2. The Labute approximate surface area is 196 Å². The first-order valence-electron chi connectivity index (χ1n) is 10.7. The van der Waals surface area contributed by atoms with Crippen LogP contribution in [-0.4, -0.2) is 66.5 Å². The van der Waals surface area contributed by atoms with Gasteiger partial charge in [-0.05, 0) is 30.3 Å². The molecule has 0 atom stereocenters. The Kier molecular flexibility index (Phi) is 5.72. The van der Waals surface area contributed by atoms with E-state index in [0.717, 1.165) is 25.2 Å². The van der Waals surface area contributed by atoms with Gasteiger partial charge < -0.3 is 15.0 Å². The number of nitrogens with zero attached hydrogens (tertiary/aromatic N) is 5. The number of pyridine rings is 1. The van der Waals surface area contributed by atoms with E-state index in [4.69, 9.17) is 4.74 Å². The van der Waals surface area contributed by atoms with Gasteiger partial charge in [-0.15, -0.1) is 0 Å². The number of anilines is 2. The van der Waals surface area contributed by atoms with Crippen LogP contribution in [0.3, 0.4) is 0 Å². The maximum absolute atomic E-state index is 13.1. The minimum Gasteiger partial charge on any atom is -0.378 e. The summed E-state index contributed by atoms with van der Waals surface area (Å²) in [5.41, 5.74) is 1.52. The number of hydrogen-bond donors (Lipinski definition) is 1. The van der Waals surface area contributed by atoms with Crippen LogP contribution in [-0.2, 0) is 14.6 Å². The van der Waals surface area contributed by atoms with E-state index >= 15 is 0 Å². The standard InChI is InChI=1S/C23H22N6O4S/c1-34(31,32)19-6-3-2-5-16(19)17-9-10-21-24-15-18(29(21)27-17)23(30)26-20-7-4-8-22(25-20)28-11-13-33-14-12-28/h2-10,15H,11-14H2,1H3,(H,25,26,30). The van der Waals surface area contributed by atoms with E-state index in [0.29, 0.717) is 35.9 Å². The molecule has 0 saturated carbocycles. The number of benzene rings is 1. The van der Waals surface area contributed by atoms with E-state index in [1.807, 2.05) is 12.1 Å². The Morgan fingerprint density at radius 1 is 1.03 bits per heavy atom. The quantitative estimate of drug-likeness (QED) is 0.464. The van der Waals surface area contributed by atoms with Crippen LogP contribution in [0, 0.1) is 0 Å². The van der Waals surface area contributed by atoms with Crippen molar-refractivity contribution in [2.45, 2.75) is 4.90 Å². The molecule has 5 rings (SSSR count). The summed E-state index contributed by atoms with van der Waals surface area (Å²) in [5, 5.41) is 7.33. The third kappa shape index (κ3) is 4.35. The van der Waals surface area contributed by atoms with Gasteiger partial charge in [0, 0.05) is 24.9 Å². The van der Waals surface area contributed by atoms with Crippen molar-refractivity contribution in [2.75, 3.05) is 42.8 Å². The first-order chi connectivity index (χ1) is 16.4. The fraction of sp³-hybridized carbons (Fsp3) is 0.217. The van der Waals surface area contributed by atoms with Gasteiger partial charge in [0.1, 0.15) is 11.6 Å². The number of fused-ring (bicyclic) bond motifs is 1. The molecule has 10 nitrogen and oxygen atoms in total. The molecule has 0 unspecified atom stereocenters. The number of imidazole rings is 1. The molecule has 0 spiro atoms. The maximum atomic E-state index is 13.1. The normalized spacial score (nSPS) is 14.3.